The van der Waals surface area contributed by atoms with Crippen molar-refractivity contribution < 1.29 is 4.74 Å². The number of aromatic nitrogens is 2. The van der Waals surface area contributed by atoms with Crippen LogP contribution in [0.4, 0.5) is 0 Å². The maximum absolute atomic E-state index is 5.20. The summed E-state index contributed by atoms with van der Waals surface area (Å²) >= 11 is 0. The van der Waals surface area contributed by atoms with Crippen molar-refractivity contribution >= 4 is 5.52 Å². The fourth-order valence-electron chi connectivity index (χ4n) is 1.47. The van der Waals surface area contributed by atoms with E-state index in [4.69, 9.17) is 4.74 Å². The first kappa shape index (κ1) is 8.10. The number of ether oxygens (including phenoxy) is 1. The monoisotopic (exact) mass is 176 g/mol. The van der Waals surface area contributed by atoms with E-state index in [-0.39, 0.29) is 0 Å². The standard InChI is InChI=1S/C10H12N2O/c1-7-4-9-5-8(2)11-12(9)6-10(7)13-3/h4-6H,1-3H3. The van der Waals surface area contributed by atoms with Crippen LogP contribution in [0.5, 0.6) is 5.75 Å². The lowest BCUT2D eigenvalue weighted by molar-refractivity contribution is 0.408. The Morgan fingerprint density at radius 3 is 2.77 bits per heavy atom. The van der Waals surface area contributed by atoms with Crippen LogP contribution in [0.15, 0.2) is 18.3 Å². The quantitative estimate of drug-likeness (QED) is 0.664. The minimum absolute atomic E-state index is 0.871. The Morgan fingerprint density at radius 2 is 2.08 bits per heavy atom. The van der Waals surface area contributed by atoms with Crippen LogP contribution in [0.3, 0.4) is 0 Å². The van der Waals surface area contributed by atoms with Crippen LogP contribution in [-0.2, 0) is 0 Å². The highest BCUT2D eigenvalue weighted by Gasteiger charge is 2.02. The van der Waals surface area contributed by atoms with Crippen molar-refractivity contribution in [2.24, 2.45) is 0 Å². The fourth-order valence-corrected chi connectivity index (χ4v) is 1.47. The molecule has 0 unspecified atom stereocenters. The molecule has 2 heterocycles. The SMILES string of the molecule is COc1cn2nc(C)cc2cc1C. The molecule has 0 aliphatic carbocycles. The normalized spacial score (nSPS) is 10.7. The molecule has 0 aliphatic heterocycles. The Labute approximate surface area is 76.9 Å². The first-order valence-corrected chi connectivity index (χ1v) is 4.21. The summed E-state index contributed by atoms with van der Waals surface area (Å²) in [5.74, 6) is 0.871. The molecule has 0 atom stereocenters. The number of rotatable bonds is 1. The maximum atomic E-state index is 5.20. The number of fused-ring (bicyclic) bond motifs is 1. The lowest BCUT2D eigenvalue weighted by Crippen LogP contribution is -1.93. The zero-order chi connectivity index (χ0) is 9.42. The van der Waals surface area contributed by atoms with E-state index in [1.54, 1.807) is 7.11 Å². The van der Waals surface area contributed by atoms with Gasteiger partial charge in [-0.25, -0.2) is 4.52 Å². The molecule has 0 aromatic carbocycles. The van der Waals surface area contributed by atoms with E-state index < -0.39 is 0 Å². The topological polar surface area (TPSA) is 26.5 Å². The lowest BCUT2D eigenvalue weighted by atomic mass is 10.2. The van der Waals surface area contributed by atoms with Crippen LogP contribution in [0, 0.1) is 13.8 Å². The highest BCUT2D eigenvalue weighted by molar-refractivity contribution is 5.52. The zero-order valence-corrected chi connectivity index (χ0v) is 8.03. The largest absolute Gasteiger partial charge is 0.495 e. The van der Waals surface area contributed by atoms with E-state index in [1.807, 2.05) is 30.6 Å². The van der Waals surface area contributed by atoms with E-state index in [2.05, 4.69) is 11.2 Å². The first-order chi connectivity index (χ1) is 6.20. The van der Waals surface area contributed by atoms with Crippen molar-refractivity contribution in [1.82, 2.24) is 9.61 Å². The third-order valence-corrected chi connectivity index (χ3v) is 2.10. The summed E-state index contributed by atoms with van der Waals surface area (Å²) in [5.41, 5.74) is 3.26. The Balaban J connectivity index is 2.72. The Kier molecular flexibility index (Phi) is 1.72. The second-order valence-electron chi connectivity index (χ2n) is 3.18. The van der Waals surface area contributed by atoms with Gasteiger partial charge in [-0.05, 0) is 31.5 Å². The van der Waals surface area contributed by atoms with E-state index in [0.717, 1.165) is 22.5 Å². The molecular weight excluding hydrogens is 164 g/mol. The number of hydrogen-bond donors (Lipinski definition) is 0. The van der Waals surface area contributed by atoms with Gasteiger partial charge in [-0.2, -0.15) is 5.10 Å². The molecule has 0 spiro atoms. The van der Waals surface area contributed by atoms with Crippen LogP contribution >= 0.6 is 0 Å². The van der Waals surface area contributed by atoms with Gasteiger partial charge in [0.2, 0.25) is 0 Å². The molecule has 0 bridgehead atoms. The minimum atomic E-state index is 0.871. The smallest absolute Gasteiger partial charge is 0.140 e. The third-order valence-electron chi connectivity index (χ3n) is 2.10. The average Bonchev–Trinajstić information content (AvgIpc) is 2.42. The van der Waals surface area contributed by atoms with Crippen molar-refractivity contribution in [2.45, 2.75) is 13.8 Å². The number of nitrogens with zero attached hydrogens (tertiary/aromatic N) is 2. The third kappa shape index (κ3) is 1.26. The van der Waals surface area contributed by atoms with Gasteiger partial charge in [-0.1, -0.05) is 0 Å². The highest BCUT2D eigenvalue weighted by Crippen LogP contribution is 2.19. The molecule has 2 aromatic rings. The molecule has 0 N–H and O–H groups in total. The molecule has 0 amide bonds. The predicted octanol–water partition coefficient (Wildman–Crippen LogP) is 1.96. The molecule has 0 fully saturated rings. The number of methoxy groups -OCH3 is 1. The molecular formula is C10H12N2O. The van der Waals surface area contributed by atoms with Gasteiger partial charge in [0.05, 0.1) is 24.5 Å². The van der Waals surface area contributed by atoms with Crippen LogP contribution in [0.1, 0.15) is 11.3 Å². The molecule has 0 radical (unpaired) electrons. The van der Waals surface area contributed by atoms with Crippen molar-refractivity contribution in [3.8, 4) is 5.75 Å². The summed E-state index contributed by atoms with van der Waals surface area (Å²) in [4.78, 5) is 0. The summed E-state index contributed by atoms with van der Waals surface area (Å²) < 4.78 is 7.04. The summed E-state index contributed by atoms with van der Waals surface area (Å²) in [6, 6.07) is 4.12. The second-order valence-corrected chi connectivity index (χ2v) is 3.18. The van der Waals surface area contributed by atoms with Gasteiger partial charge in [0, 0.05) is 0 Å². The summed E-state index contributed by atoms with van der Waals surface area (Å²) in [6.07, 6.45) is 1.90. The van der Waals surface area contributed by atoms with Gasteiger partial charge < -0.3 is 4.74 Å². The van der Waals surface area contributed by atoms with E-state index in [1.165, 1.54) is 0 Å². The lowest BCUT2D eigenvalue weighted by Gasteiger charge is -2.04. The van der Waals surface area contributed by atoms with Gasteiger partial charge in [0.25, 0.3) is 0 Å². The fraction of sp³-hybridized carbons (Fsp3) is 0.300. The molecule has 0 aliphatic rings. The minimum Gasteiger partial charge on any atom is -0.495 e. The van der Waals surface area contributed by atoms with Gasteiger partial charge in [-0.15, -0.1) is 0 Å². The Bertz CT molecular complexity index is 445. The molecule has 68 valence electrons. The number of aryl methyl sites for hydroxylation is 2. The van der Waals surface area contributed by atoms with Gasteiger partial charge in [0.15, 0.2) is 0 Å². The van der Waals surface area contributed by atoms with Crippen LogP contribution in [-0.4, -0.2) is 16.7 Å². The van der Waals surface area contributed by atoms with Crippen molar-refractivity contribution in [3.05, 3.63) is 29.6 Å². The number of pyridine rings is 1. The van der Waals surface area contributed by atoms with E-state index in [9.17, 15) is 0 Å². The molecule has 0 saturated carbocycles. The predicted molar refractivity (Wildman–Crippen MR) is 51.2 cm³/mol. The molecule has 2 rings (SSSR count). The summed E-state index contributed by atoms with van der Waals surface area (Å²) in [5, 5.41) is 4.30. The second kappa shape index (κ2) is 2.76. The number of hydrogen-bond acceptors (Lipinski definition) is 2. The highest BCUT2D eigenvalue weighted by atomic mass is 16.5. The van der Waals surface area contributed by atoms with Gasteiger partial charge in [0.1, 0.15) is 5.75 Å². The Morgan fingerprint density at radius 1 is 1.31 bits per heavy atom. The summed E-state index contributed by atoms with van der Waals surface area (Å²) in [6.45, 7) is 4.01. The van der Waals surface area contributed by atoms with Crippen LogP contribution in [0.25, 0.3) is 5.52 Å². The average molecular weight is 176 g/mol. The van der Waals surface area contributed by atoms with Crippen molar-refractivity contribution in [1.29, 1.82) is 0 Å². The summed E-state index contributed by atoms with van der Waals surface area (Å²) in [7, 11) is 1.67. The molecule has 2 aromatic heterocycles. The van der Waals surface area contributed by atoms with Crippen molar-refractivity contribution in [3.63, 3.8) is 0 Å². The molecule has 0 saturated heterocycles. The van der Waals surface area contributed by atoms with Crippen LogP contribution < -0.4 is 4.74 Å². The van der Waals surface area contributed by atoms with E-state index >= 15 is 0 Å². The molecule has 3 heteroatoms. The van der Waals surface area contributed by atoms with Gasteiger partial charge in [-0.3, -0.25) is 0 Å². The first-order valence-electron chi connectivity index (χ1n) is 4.21. The van der Waals surface area contributed by atoms with Crippen LogP contribution in [0.2, 0.25) is 0 Å². The van der Waals surface area contributed by atoms with Gasteiger partial charge >= 0.3 is 0 Å². The molecule has 3 nitrogen and oxygen atoms in total. The van der Waals surface area contributed by atoms with Crippen molar-refractivity contribution in [2.75, 3.05) is 7.11 Å². The Hall–Kier alpha value is -1.51. The zero-order valence-electron chi connectivity index (χ0n) is 8.03. The molecule has 13 heavy (non-hydrogen) atoms. The maximum Gasteiger partial charge on any atom is 0.140 e. The van der Waals surface area contributed by atoms with E-state index in [0.29, 0.717) is 0 Å².